The fraction of sp³-hybridized carbons (Fsp3) is 0.0400. The SMILES string of the molecule is O=C(OCC(=O)c1ccc(Cl)s1)c1ccc(N2C(=O)c3cccc4cccc(c34)C2=O)cc1. The maximum Gasteiger partial charge on any atom is 0.338 e. The lowest BCUT2D eigenvalue weighted by atomic mass is 9.94. The Hall–Kier alpha value is -3.81. The highest BCUT2D eigenvalue weighted by atomic mass is 35.5. The largest absolute Gasteiger partial charge is 0.454 e. The van der Waals surface area contributed by atoms with Crippen LogP contribution in [0.25, 0.3) is 10.8 Å². The molecule has 0 N–H and O–H groups in total. The number of hydrogen-bond acceptors (Lipinski definition) is 6. The predicted octanol–water partition coefficient (Wildman–Crippen LogP) is 5.40. The number of carbonyl (C=O) groups is 4. The Bertz CT molecular complexity index is 1410. The van der Waals surface area contributed by atoms with Crippen molar-refractivity contribution in [1.82, 2.24) is 0 Å². The number of Topliss-reactive ketones (excluding diaryl/α,β-unsaturated/α-hetero) is 1. The average molecular weight is 476 g/mol. The van der Waals surface area contributed by atoms with Crippen LogP contribution in [0.3, 0.4) is 0 Å². The number of esters is 1. The molecule has 1 aliphatic heterocycles. The van der Waals surface area contributed by atoms with Crippen LogP contribution < -0.4 is 4.90 Å². The van der Waals surface area contributed by atoms with Crippen LogP contribution in [0, 0.1) is 0 Å². The first kappa shape index (κ1) is 21.1. The molecule has 3 aromatic carbocycles. The maximum absolute atomic E-state index is 13.1. The van der Waals surface area contributed by atoms with Crippen LogP contribution in [-0.4, -0.2) is 30.2 Å². The summed E-state index contributed by atoms with van der Waals surface area (Å²) in [6.07, 6.45) is 0. The number of thiophene rings is 1. The van der Waals surface area contributed by atoms with Crippen molar-refractivity contribution in [1.29, 1.82) is 0 Å². The Kier molecular flexibility index (Phi) is 5.28. The van der Waals surface area contributed by atoms with E-state index in [1.54, 1.807) is 36.4 Å². The molecule has 2 heterocycles. The predicted molar refractivity (Wildman–Crippen MR) is 125 cm³/mol. The van der Waals surface area contributed by atoms with Crippen LogP contribution in [0.1, 0.15) is 40.7 Å². The van der Waals surface area contributed by atoms with Gasteiger partial charge in [-0.3, -0.25) is 14.4 Å². The summed E-state index contributed by atoms with van der Waals surface area (Å²) in [6, 6.07) is 19.7. The quantitative estimate of drug-likeness (QED) is 0.219. The van der Waals surface area contributed by atoms with Crippen LogP contribution in [0.4, 0.5) is 5.69 Å². The standard InChI is InChI=1S/C25H14ClNO5S/c26-21-12-11-20(33-21)19(28)13-32-25(31)15-7-9-16(10-8-15)27-23(29)17-5-1-3-14-4-2-6-18(22(14)17)24(27)30/h1-12H,13H2. The molecular weight excluding hydrogens is 462 g/mol. The van der Waals surface area contributed by atoms with E-state index in [0.29, 0.717) is 31.4 Å². The fourth-order valence-electron chi connectivity index (χ4n) is 3.76. The van der Waals surface area contributed by atoms with Gasteiger partial charge in [-0.15, -0.1) is 11.3 Å². The summed E-state index contributed by atoms with van der Waals surface area (Å²) < 4.78 is 5.57. The summed E-state index contributed by atoms with van der Waals surface area (Å²) in [5, 5.41) is 1.46. The number of imide groups is 1. The van der Waals surface area contributed by atoms with Gasteiger partial charge in [0.15, 0.2) is 6.61 Å². The van der Waals surface area contributed by atoms with Gasteiger partial charge in [0.2, 0.25) is 5.78 Å². The summed E-state index contributed by atoms with van der Waals surface area (Å²) in [5.41, 5.74) is 1.41. The van der Waals surface area contributed by atoms with Crippen molar-refractivity contribution in [3.8, 4) is 0 Å². The van der Waals surface area contributed by atoms with E-state index < -0.39 is 24.4 Å². The minimum Gasteiger partial charge on any atom is -0.454 e. The number of nitrogens with zero attached hydrogens (tertiary/aromatic N) is 1. The summed E-state index contributed by atoms with van der Waals surface area (Å²) >= 11 is 6.93. The van der Waals surface area contributed by atoms with E-state index in [-0.39, 0.29) is 11.3 Å². The summed E-state index contributed by atoms with van der Waals surface area (Å²) in [4.78, 5) is 52.2. The Balaban J connectivity index is 1.35. The lowest BCUT2D eigenvalue weighted by molar-refractivity contribution is 0.0476. The molecule has 1 aromatic heterocycles. The molecule has 33 heavy (non-hydrogen) atoms. The lowest BCUT2D eigenvalue weighted by Crippen LogP contribution is -2.40. The first-order valence-electron chi connectivity index (χ1n) is 9.90. The highest BCUT2D eigenvalue weighted by Gasteiger charge is 2.33. The molecule has 162 valence electrons. The second-order valence-electron chi connectivity index (χ2n) is 7.30. The Morgan fingerprint density at radius 2 is 1.48 bits per heavy atom. The van der Waals surface area contributed by atoms with Gasteiger partial charge in [0.25, 0.3) is 11.8 Å². The summed E-state index contributed by atoms with van der Waals surface area (Å²) in [7, 11) is 0. The number of hydrogen-bond donors (Lipinski definition) is 0. The average Bonchev–Trinajstić information content (AvgIpc) is 3.27. The number of carbonyl (C=O) groups excluding carboxylic acids is 4. The third-order valence-corrected chi connectivity index (χ3v) is 6.59. The smallest absolute Gasteiger partial charge is 0.338 e. The molecule has 6 nitrogen and oxygen atoms in total. The Morgan fingerprint density at radius 1 is 0.848 bits per heavy atom. The number of rotatable bonds is 5. The first-order chi connectivity index (χ1) is 15.9. The lowest BCUT2D eigenvalue weighted by Gasteiger charge is -2.27. The molecule has 0 bridgehead atoms. The number of ketones is 1. The third-order valence-electron chi connectivity index (χ3n) is 5.32. The van der Waals surface area contributed by atoms with Gasteiger partial charge in [-0.1, -0.05) is 35.9 Å². The van der Waals surface area contributed by atoms with Crippen LogP contribution >= 0.6 is 22.9 Å². The molecule has 2 amide bonds. The van der Waals surface area contributed by atoms with Crippen LogP contribution in [0.15, 0.2) is 72.8 Å². The van der Waals surface area contributed by atoms with Gasteiger partial charge in [-0.2, -0.15) is 0 Å². The van der Waals surface area contributed by atoms with Gasteiger partial charge < -0.3 is 4.74 Å². The highest BCUT2D eigenvalue weighted by molar-refractivity contribution is 7.18. The third kappa shape index (κ3) is 3.71. The number of halogens is 1. The molecule has 0 radical (unpaired) electrons. The van der Waals surface area contributed by atoms with Crippen molar-refractivity contribution < 1.29 is 23.9 Å². The van der Waals surface area contributed by atoms with Gasteiger partial charge >= 0.3 is 5.97 Å². The number of amides is 2. The zero-order valence-corrected chi connectivity index (χ0v) is 18.5. The normalized spacial score (nSPS) is 12.8. The monoisotopic (exact) mass is 475 g/mol. The molecular formula is C25H14ClNO5S. The van der Waals surface area contributed by atoms with Crippen molar-refractivity contribution in [3.63, 3.8) is 0 Å². The minimum atomic E-state index is -0.691. The van der Waals surface area contributed by atoms with E-state index in [9.17, 15) is 19.2 Å². The van der Waals surface area contributed by atoms with Gasteiger partial charge in [0, 0.05) is 16.5 Å². The second kappa shape index (κ2) is 8.27. The molecule has 0 spiro atoms. The number of ether oxygens (including phenoxy) is 1. The molecule has 0 unspecified atom stereocenters. The van der Waals surface area contributed by atoms with Crippen molar-refractivity contribution >= 4 is 63.0 Å². The van der Waals surface area contributed by atoms with Crippen molar-refractivity contribution in [2.45, 2.75) is 0 Å². The fourth-order valence-corrected chi connectivity index (χ4v) is 4.73. The van der Waals surface area contributed by atoms with E-state index in [4.69, 9.17) is 16.3 Å². The van der Waals surface area contributed by atoms with Crippen LogP contribution in [0.2, 0.25) is 4.34 Å². The van der Waals surface area contributed by atoms with Crippen molar-refractivity contribution in [3.05, 3.63) is 98.7 Å². The minimum absolute atomic E-state index is 0.190. The van der Waals surface area contributed by atoms with Gasteiger partial charge in [-0.05, 0) is 53.9 Å². The molecule has 4 aromatic rings. The van der Waals surface area contributed by atoms with E-state index in [2.05, 4.69) is 0 Å². The zero-order chi connectivity index (χ0) is 23.1. The van der Waals surface area contributed by atoms with E-state index in [1.165, 1.54) is 24.3 Å². The van der Waals surface area contributed by atoms with E-state index in [1.807, 2.05) is 12.1 Å². The summed E-state index contributed by atoms with van der Waals surface area (Å²) in [6.45, 7) is -0.415. The Morgan fingerprint density at radius 3 is 2.06 bits per heavy atom. The van der Waals surface area contributed by atoms with Gasteiger partial charge in [0.05, 0.1) is 20.5 Å². The molecule has 5 rings (SSSR count). The number of benzene rings is 3. The van der Waals surface area contributed by atoms with E-state index >= 15 is 0 Å². The zero-order valence-electron chi connectivity index (χ0n) is 16.9. The highest BCUT2D eigenvalue weighted by Crippen LogP contribution is 2.32. The van der Waals surface area contributed by atoms with Crippen LogP contribution in [-0.2, 0) is 4.74 Å². The van der Waals surface area contributed by atoms with Crippen LogP contribution in [0.5, 0.6) is 0 Å². The van der Waals surface area contributed by atoms with Gasteiger partial charge in [-0.25, -0.2) is 9.69 Å². The molecule has 0 saturated carbocycles. The molecule has 0 aliphatic carbocycles. The maximum atomic E-state index is 13.1. The van der Waals surface area contributed by atoms with Crippen molar-refractivity contribution in [2.24, 2.45) is 0 Å². The first-order valence-corrected chi connectivity index (χ1v) is 11.1. The van der Waals surface area contributed by atoms with Crippen molar-refractivity contribution in [2.75, 3.05) is 11.5 Å². The van der Waals surface area contributed by atoms with E-state index in [0.717, 1.165) is 21.6 Å². The topological polar surface area (TPSA) is 80.8 Å². The molecule has 1 aliphatic rings. The summed E-state index contributed by atoms with van der Waals surface area (Å²) in [5.74, 6) is -1.90. The number of anilines is 1. The molecule has 0 fully saturated rings. The molecule has 0 atom stereocenters. The molecule has 0 saturated heterocycles. The molecule has 8 heteroatoms. The Labute approximate surface area is 197 Å². The van der Waals surface area contributed by atoms with Gasteiger partial charge in [0.1, 0.15) is 0 Å². The second-order valence-corrected chi connectivity index (χ2v) is 9.02.